The highest BCUT2D eigenvalue weighted by atomic mass is 16.5. The summed E-state index contributed by atoms with van der Waals surface area (Å²) in [5.41, 5.74) is 5.14. The Hall–Kier alpha value is -4.36. The van der Waals surface area contributed by atoms with Gasteiger partial charge in [0.25, 0.3) is 0 Å². The average Bonchev–Trinajstić information content (AvgIpc) is 3.31. The first kappa shape index (κ1) is 30.6. The van der Waals surface area contributed by atoms with Gasteiger partial charge >= 0.3 is 6.09 Å². The van der Waals surface area contributed by atoms with Gasteiger partial charge in [-0.15, -0.1) is 6.58 Å². The molecular weight excluding hydrogens is 528 g/mol. The maximum atomic E-state index is 14.0. The average molecular weight is 569 g/mol. The van der Waals surface area contributed by atoms with E-state index >= 15 is 0 Å². The lowest BCUT2D eigenvalue weighted by Crippen LogP contribution is -2.55. The van der Waals surface area contributed by atoms with Gasteiger partial charge in [-0.1, -0.05) is 93.2 Å². The largest absolute Gasteiger partial charge is 0.490 e. The van der Waals surface area contributed by atoms with E-state index in [2.05, 4.69) is 30.6 Å². The first-order valence-electron chi connectivity index (χ1n) is 14.3. The van der Waals surface area contributed by atoms with E-state index < -0.39 is 12.1 Å². The Morgan fingerprint density at radius 1 is 0.929 bits per heavy atom. The quantitative estimate of drug-likeness (QED) is 0.166. The van der Waals surface area contributed by atoms with E-state index in [1.54, 1.807) is 12.2 Å². The third-order valence-electron chi connectivity index (χ3n) is 7.65. The van der Waals surface area contributed by atoms with Gasteiger partial charge in [0, 0.05) is 18.9 Å². The molecule has 0 aliphatic heterocycles. The standard InChI is InChI=1S/C35H40N2O5/c1-5-19-41-23-32(24(3)4)36-34(38)33(21-25-15-17-26(18-16-25)42-20-6-2)37(35(39)40)22-31-29-13-9-7-11-27(29)28-12-8-10-14-30(28)31/h5-18,24,31-33H,1-2,19-23H2,3-4H3,(H,36,38)(H,39,40)/t32-,33-/m1/s1. The Labute approximate surface area is 248 Å². The Morgan fingerprint density at radius 3 is 2.07 bits per heavy atom. The van der Waals surface area contributed by atoms with Gasteiger partial charge < -0.3 is 19.9 Å². The van der Waals surface area contributed by atoms with Crippen LogP contribution in [0, 0.1) is 5.92 Å². The summed E-state index contributed by atoms with van der Waals surface area (Å²) in [6.07, 6.45) is 2.39. The molecule has 0 aromatic heterocycles. The van der Waals surface area contributed by atoms with Crippen molar-refractivity contribution in [1.82, 2.24) is 10.2 Å². The van der Waals surface area contributed by atoms with Crippen molar-refractivity contribution in [3.8, 4) is 16.9 Å². The van der Waals surface area contributed by atoms with Gasteiger partial charge in [-0.05, 0) is 45.9 Å². The number of carboxylic acid groups (broad SMARTS) is 1. The molecule has 7 heteroatoms. The van der Waals surface area contributed by atoms with Gasteiger partial charge in [-0.25, -0.2) is 4.79 Å². The molecular formula is C35H40N2O5. The van der Waals surface area contributed by atoms with Crippen LogP contribution in [-0.2, 0) is 16.0 Å². The van der Waals surface area contributed by atoms with Gasteiger partial charge in [-0.3, -0.25) is 9.69 Å². The second-order valence-electron chi connectivity index (χ2n) is 10.8. The number of amides is 2. The second-order valence-corrected chi connectivity index (χ2v) is 10.8. The molecule has 0 spiro atoms. The number of hydrogen-bond acceptors (Lipinski definition) is 4. The zero-order valence-corrected chi connectivity index (χ0v) is 24.4. The molecule has 1 aliphatic rings. The van der Waals surface area contributed by atoms with Crippen LogP contribution in [0.25, 0.3) is 11.1 Å². The lowest BCUT2D eigenvalue weighted by atomic mass is 9.94. The van der Waals surface area contributed by atoms with Crippen molar-refractivity contribution in [2.24, 2.45) is 5.92 Å². The number of fused-ring (bicyclic) bond motifs is 3. The number of carbonyl (C=O) groups excluding carboxylic acids is 1. The molecule has 3 aromatic rings. The summed E-state index contributed by atoms with van der Waals surface area (Å²) < 4.78 is 11.3. The van der Waals surface area contributed by atoms with E-state index in [1.165, 1.54) is 4.90 Å². The van der Waals surface area contributed by atoms with E-state index in [-0.39, 0.29) is 36.8 Å². The van der Waals surface area contributed by atoms with Crippen molar-refractivity contribution < 1.29 is 24.2 Å². The van der Waals surface area contributed by atoms with Gasteiger partial charge in [0.2, 0.25) is 5.91 Å². The second kappa shape index (κ2) is 14.5. The maximum Gasteiger partial charge on any atom is 0.408 e. The zero-order chi connectivity index (χ0) is 30.1. The summed E-state index contributed by atoms with van der Waals surface area (Å²) in [7, 11) is 0. The van der Waals surface area contributed by atoms with Crippen molar-refractivity contribution in [2.75, 3.05) is 26.4 Å². The lowest BCUT2D eigenvalue weighted by Gasteiger charge is -2.33. The molecule has 4 rings (SSSR count). The maximum absolute atomic E-state index is 14.0. The summed E-state index contributed by atoms with van der Waals surface area (Å²) in [4.78, 5) is 28.2. The molecule has 0 saturated carbocycles. The topological polar surface area (TPSA) is 88.1 Å². The van der Waals surface area contributed by atoms with Crippen LogP contribution in [0.2, 0.25) is 0 Å². The Balaban J connectivity index is 1.66. The highest BCUT2D eigenvalue weighted by Gasteiger charge is 2.37. The number of nitrogens with one attached hydrogen (secondary N) is 1. The lowest BCUT2D eigenvalue weighted by molar-refractivity contribution is -0.127. The fraction of sp³-hybridized carbons (Fsp3) is 0.314. The van der Waals surface area contributed by atoms with Crippen molar-refractivity contribution in [3.05, 3.63) is 115 Å². The van der Waals surface area contributed by atoms with Gasteiger partial charge in [0.05, 0.1) is 19.3 Å². The van der Waals surface area contributed by atoms with Crippen molar-refractivity contribution >= 4 is 12.0 Å². The number of benzene rings is 3. The summed E-state index contributed by atoms with van der Waals surface area (Å²) in [5, 5.41) is 13.7. The van der Waals surface area contributed by atoms with Crippen LogP contribution in [0.4, 0.5) is 4.79 Å². The molecule has 0 unspecified atom stereocenters. The predicted octanol–water partition coefficient (Wildman–Crippen LogP) is 6.30. The van der Waals surface area contributed by atoms with Crippen LogP contribution in [0.15, 0.2) is 98.1 Å². The monoisotopic (exact) mass is 568 g/mol. The van der Waals surface area contributed by atoms with Crippen LogP contribution in [0.1, 0.15) is 36.5 Å². The normalized spacial score (nSPS) is 13.5. The van der Waals surface area contributed by atoms with Crippen molar-refractivity contribution in [1.29, 1.82) is 0 Å². The molecule has 2 atom stereocenters. The first-order chi connectivity index (χ1) is 20.3. The summed E-state index contributed by atoms with van der Waals surface area (Å²) in [6.45, 7) is 12.5. The Morgan fingerprint density at radius 2 is 1.52 bits per heavy atom. The van der Waals surface area contributed by atoms with Gasteiger partial charge in [0.1, 0.15) is 18.4 Å². The fourth-order valence-corrected chi connectivity index (χ4v) is 5.39. The smallest absolute Gasteiger partial charge is 0.408 e. The molecule has 0 bridgehead atoms. The Kier molecular flexibility index (Phi) is 10.6. The summed E-state index contributed by atoms with van der Waals surface area (Å²) >= 11 is 0. The van der Waals surface area contributed by atoms with E-state index in [0.29, 0.717) is 25.6 Å². The minimum Gasteiger partial charge on any atom is -0.490 e. The van der Waals surface area contributed by atoms with Gasteiger partial charge in [0.15, 0.2) is 0 Å². The molecule has 0 radical (unpaired) electrons. The third kappa shape index (κ3) is 7.28. The van der Waals surface area contributed by atoms with Gasteiger partial charge in [-0.2, -0.15) is 0 Å². The predicted molar refractivity (Wildman–Crippen MR) is 166 cm³/mol. The zero-order valence-electron chi connectivity index (χ0n) is 24.4. The van der Waals surface area contributed by atoms with Crippen LogP contribution in [-0.4, -0.2) is 60.5 Å². The first-order valence-corrected chi connectivity index (χ1v) is 14.3. The molecule has 7 nitrogen and oxygen atoms in total. The summed E-state index contributed by atoms with van der Waals surface area (Å²) in [6, 6.07) is 22.3. The fourth-order valence-electron chi connectivity index (χ4n) is 5.39. The van der Waals surface area contributed by atoms with Crippen molar-refractivity contribution in [3.63, 3.8) is 0 Å². The number of rotatable bonds is 15. The van der Waals surface area contributed by atoms with E-state index in [1.807, 2.05) is 74.5 Å². The number of ether oxygens (including phenoxy) is 2. The number of carbonyl (C=O) groups is 2. The van der Waals surface area contributed by atoms with E-state index in [4.69, 9.17) is 9.47 Å². The molecule has 2 amide bonds. The molecule has 3 aromatic carbocycles. The molecule has 1 aliphatic carbocycles. The third-order valence-corrected chi connectivity index (χ3v) is 7.65. The SMILES string of the molecule is C=CCOC[C@@H](NC(=O)[C@@H](Cc1ccc(OCC=C)cc1)N(CC1c2ccccc2-c2ccccc21)C(=O)O)C(C)C. The highest BCUT2D eigenvalue weighted by molar-refractivity contribution is 5.86. The van der Waals surface area contributed by atoms with Crippen LogP contribution < -0.4 is 10.1 Å². The van der Waals surface area contributed by atoms with Crippen molar-refractivity contribution in [2.45, 2.75) is 38.3 Å². The van der Waals surface area contributed by atoms with E-state index in [9.17, 15) is 14.7 Å². The minimum atomic E-state index is -1.15. The molecule has 42 heavy (non-hydrogen) atoms. The molecule has 220 valence electrons. The molecule has 0 fully saturated rings. The van der Waals surface area contributed by atoms with E-state index in [0.717, 1.165) is 27.8 Å². The highest BCUT2D eigenvalue weighted by Crippen LogP contribution is 2.45. The molecule has 0 saturated heterocycles. The van der Waals surface area contributed by atoms with Crippen LogP contribution >= 0.6 is 0 Å². The van der Waals surface area contributed by atoms with Crippen LogP contribution in [0.3, 0.4) is 0 Å². The molecule has 0 heterocycles. The number of nitrogens with zero attached hydrogens (tertiary/aromatic N) is 1. The van der Waals surface area contributed by atoms with Crippen LogP contribution in [0.5, 0.6) is 5.75 Å². The summed E-state index contributed by atoms with van der Waals surface area (Å²) in [5.74, 6) is 0.195. The Bertz CT molecular complexity index is 1340. The number of hydrogen-bond donors (Lipinski definition) is 2. The molecule has 2 N–H and O–H groups in total. The minimum absolute atomic E-state index is 0.0765.